The Morgan fingerprint density at radius 1 is 1.25 bits per heavy atom. The molecule has 2 fully saturated rings. The summed E-state index contributed by atoms with van der Waals surface area (Å²) < 4.78 is 5.84. The monoisotopic (exact) mass is 277 g/mol. The minimum atomic E-state index is 0.0953. The molecule has 2 aliphatic heterocycles. The lowest BCUT2D eigenvalue weighted by Crippen LogP contribution is -2.41. The zero-order chi connectivity index (χ0) is 14.1. The van der Waals surface area contributed by atoms with Crippen molar-refractivity contribution >= 4 is 0 Å². The molecule has 0 radical (unpaired) electrons. The average molecular weight is 277 g/mol. The second-order valence-electron chi connectivity index (χ2n) is 6.43. The summed E-state index contributed by atoms with van der Waals surface area (Å²) in [7, 11) is 0. The van der Waals surface area contributed by atoms with Gasteiger partial charge in [0.2, 0.25) is 0 Å². The Bertz CT molecular complexity index is 437. The molecule has 2 N–H and O–H groups in total. The summed E-state index contributed by atoms with van der Waals surface area (Å²) in [5.74, 6) is 2.00. The van der Waals surface area contributed by atoms with Gasteiger partial charge in [-0.3, -0.25) is 9.80 Å². The summed E-state index contributed by atoms with van der Waals surface area (Å²) in [6.07, 6.45) is 4.00. The van der Waals surface area contributed by atoms with Crippen LogP contribution in [0.4, 0.5) is 0 Å². The highest BCUT2D eigenvalue weighted by molar-refractivity contribution is 5.12. The Hall–Kier alpha value is -0.840. The molecule has 4 heteroatoms. The molecular formula is C16H27N3O. The second kappa shape index (κ2) is 5.88. The van der Waals surface area contributed by atoms with Gasteiger partial charge in [0, 0.05) is 25.2 Å². The lowest BCUT2D eigenvalue weighted by atomic mass is 10.1. The quantitative estimate of drug-likeness (QED) is 0.916. The minimum Gasteiger partial charge on any atom is -0.465 e. The molecule has 3 rings (SSSR count). The normalized spacial score (nSPS) is 28.1. The predicted octanol–water partition coefficient (Wildman–Crippen LogP) is 2.15. The lowest BCUT2D eigenvalue weighted by Gasteiger charge is -2.30. The Balaban J connectivity index is 1.70. The van der Waals surface area contributed by atoms with Gasteiger partial charge >= 0.3 is 0 Å². The van der Waals surface area contributed by atoms with Gasteiger partial charge in [0.05, 0.1) is 6.04 Å². The fourth-order valence-corrected chi connectivity index (χ4v) is 3.81. The van der Waals surface area contributed by atoms with E-state index in [0.29, 0.717) is 0 Å². The van der Waals surface area contributed by atoms with Gasteiger partial charge in [0.15, 0.2) is 0 Å². The van der Waals surface area contributed by atoms with Crippen LogP contribution in [0.5, 0.6) is 0 Å². The van der Waals surface area contributed by atoms with Crippen molar-refractivity contribution in [3.63, 3.8) is 0 Å². The average Bonchev–Trinajstić information content (AvgIpc) is 3.09. The van der Waals surface area contributed by atoms with Gasteiger partial charge in [-0.05, 0) is 58.3 Å². The molecule has 2 saturated heterocycles. The van der Waals surface area contributed by atoms with E-state index < -0.39 is 0 Å². The first-order chi connectivity index (χ1) is 9.65. The second-order valence-corrected chi connectivity index (χ2v) is 6.43. The fraction of sp³-hybridized carbons (Fsp3) is 0.750. The largest absolute Gasteiger partial charge is 0.465 e. The van der Waals surface area contributed by atoms with Crippen molar-refractivity contribution in [2.24, 2.45) is 5.73 Å². The smallest absolute Gasteiger partial charge is 0.122 e. The van der Waals surface area contributed by atoms with Crippen LogP contribution in [-0.4, -0.2) is 48.1 Å². The van der Waals surface area contributed by atoms with E-state index in [2.05, 4.69) is 22.8 Å². The molecule has 4 nitrogen and oxygen atoms in total. The number of furan rings is 1. The zero-order valence-corrected chi connectivity index (χ0v) is 12.7. The number of hydrogen-bond acceptors (Lipinski definition) is 4. The van der Waals surface area contributed by atoms with Gasteiger partial charge in [-0.15, -0.1) is 0 Å². The first-order valence-electron chi connectivity index (χ1n) is 7.95. The predicted molar refractivity (Wildman–Crippen MR) is 80.6 cm³/mol. The molecular weight excluding hydrogens is 250 g/mol. The molecule has 0 bridgehead atoms. The number of hydrogen-bond donors (Lipinski definition) is 1. The third kappa shape index (κ3) is 2.78. The van der Waals surface area contributed by atoms with E-state index in [1.165, 1.54) is 32.4 Å². The molecule has 0 amide bonds. The van der Waals surface area contributed by atoms with Gasteiger partial charge in [-0.1, -0.05) is 0 Å². The van der Waals surface area contributed by atoms with Crippen LogP contribution in [0.1, 0.15) is 43.7 Å². The van der Waals surface area contributed by atoms with Crippen molar-refractivity contribution in [2.45, 2.75) is 51.2 Å². The van der Waals surface area contributed by atoms with Crippen LogP contribution >= 0.6 is 0 Å². The van der Waals surface area contributed by atoms with E-state index in [0.717, 1.165) is 30.7 Å². The molecule has 3 atom stereocenters. The van der Waals surface area contributed by atoms with E-state index in [9.17, 15) is 0 Å². The maximum absolute atomic E-state index is 6.24. The van der Waals surface area contributed by atoms with Gasteiger partial charge < -0.3 is 10.2 Å². The van der Waals surface area contributed by atoms with Crippen molar-refractivity contribution in [1.29, 1.82) is 0 Å². The molecule has 2 aliphatic rings. The van der Waals surface area contributed by atoms with Gasteiger partial charge in [-0.25, -0.2) is 0 Å². The highest BCUT2D eigenvalue weighted by Crippen LogP contribution is 2.31. The summed E-state index contributed by atoms with van der Waals surface area (Å²) in [5.41, 5.74) is 6.24. The molecule has 3 heterocycles. The number of likely N-dealkylation sites (tertiary alicyclic amines) is 2. The van der Waals surface area contributed by atoms with Crippen LogP contribution in [0.25, 0.3) is 0 Å². The van der Waals surface area contributed by atoms with Crippen molar-refractivity contribution < 1.29 is 4.42 Å². The Labute approximate surface area is 121 Å². The van der Waals surface area contributed by atoms with Gasteiger partial charge in [0.1, 0.15) is 11.5 Å². The van der Waals surface area contributed by atoms with E-state index >= 15 is 0 Å². The van der Waals surface area contributed by atoms with Crippen molar-refractivity contribution in [3.05, 3.63) is 23.7 Å². The van der Waals surface area contributed by atoms with Gasteiger partial charge in [0.25, 0.3) is 0 Å². The van der Waals surface area contributed by atoms with Crippen LogP contribution < -0.4 is 5.73 Å². The van der Waals surface area contributed by atoms with Crippen LogP contribution in [0.3, 0.4) is 0 Å². The SMILES string of the molecule is Cc1ccc(C(C(C)N)N2CCC(N3CCCC3)C2)o1. The molecule has 3 unspecified atom stereocenters. The Morgan fingerprint density at radius 2 is 2.00 bits per heavy atom. The Kier molecular flexibility index (Phi) is 4.15. The van der Waals surface area contributed by atoms with E-state index in [4.69, 9.17) is 10.2 Å². The van der Waals surface area contributed by atoms with Crippen molar-refractivity contribution in [1.82, 2.24) is 9.80 Å². The maximum atomic E-state index is 6.24. The third-order valence-corrected chi connectivity index (χ3v) is 4.80. The zero-order valence-electron chi connectivity index (χ0n) is 12.7. The highest BCUT2D eigenvalue weighted by atomic mass is 16.3. The maximum Gasteiger partial charge on any atom is 0.122 e. The minimum absolute atomic E-state index is 0.0953. The molecule has 20 heavy (non-hydrogen) atoms. The van der Waals surface area contributed by atoms with Crippen LogP contribution in [-0.2, 0) is 0 Å². The molecule has 1 aromatic heterocycles. The molecule has 0 aliphatic carbocycles. The standard InChI is InChI=1S/C16H27N3O/c1-12-5-6-15(20-12)16(13(2)17)19-10-7-14(11-19)18-8-3-4-9-18/h5-6,13-14,16H,3-4,7-11,17H2,1-2H3. The first kappa shape index (κ1) is 14.1. The third-order valence-electron chi connectivity index (χ3n) is 4.80. The fourth-order valence-electron chi connectivity index (χ4n) is 3.81. The molecule has 1 aromatic rings. The van der Waals surface area contributed by atoms with Crippen molar-refractivity contribution in [2.75, 3.05) is 26.2 Å². The summed E-state index contributed by atoms with van der Waals surface area (Å²) in [4.78, 5) is 5.18. The summed E-state index contributed by atoms with van der Waals surface area (Å²) in [5, 5.41) is 0. The first-order valence-corrected chi connectivity index (χ1v) is 7.95. The molecule has 0 spiro atoms. The summed E-state index contributed by atoms with van der Waals surface area (Å²) in [6.45, 7) is 8.91. The van der Waals surface area contributed by atoms with Gasteiger partial charge in [-0.2, -0.15) is 0 Å². The van der Waals surface area contributed by atoms with E-state index in [1.54, 1.807) is 0 Å². The number of nitrogens with two attached hydrogens (primary N) is 1. The van der Waals surface area contributed by atoms with Crippen LogP contribution in [0.2, 0.25) is 0 Å². The number of rotatable bonds is 4. The summed E-state index contributed by atoms with van der Waals surface area (Å²) >= 11 is 0. The number of aryl methyl sites for hydroxylation is 1. The number of nitrogens with zero attached hydrogens (tertiary/aromatic N) is 2. The van der Waals surface area contributed by atoms with Crippen LogP contribution in [0, 0.1) is 6.92 Å². The summed E-state index contributed by atoms with van der Waals surface area (Å²) in [6, 6.07) is 5.16. The molecule has 0 aromatic carbocycles. The molecule has 112 valence electrons. The highest BCUT2D eigenvalue weighted by Gasteiger charge is 2.35. The van der Waals surface area contributed by atoms with E-state index in [-0.39, 0.29) is 12.1 Å². The lowest BCUT2D eigenvalue weighted by molar-refractivity contribution is 0.166. The van der Waals surface area contributed by atoms with E-state index in [1.807, 2.05) is 13.0 Å². The van der Waals surface area contributed by atoms with Crippen molar-refractivity contribution in [3.8, 4) is 0 Å². The van der Waals surface area contributed by atoms with Crippen LogP contribution in [0.15, 0.2) is 16.5 Å². The topological polar surface area (TPSA) is 45.6 Å². The Morgan fingerprint density at radius 3 is 2.60 bits per heavy atom. The molecule has 0 saturated carbocycles.